The smallest absolute Gasteiger partial charge is 0.448 e. The quantitative estimate of drug-likeness (QED) is 0.614. The third-order valence-electron chi connectivity index (χ3n) is 3.76. The molecule has 0 bridgehead atoms. The maximum Gasteiger partial charge on any atom is 0.448 e. The van der Waals surface area contributed by atoms with Crippen molar-refractivity contribution in [3.8, 4) is 5.75 Å². The average molecular weight is 337 g/mol. The Labute approximate surface area is 134 Å². The first-order valence-corrected chi connectivity index (χ1v) is 8.85. The average Bonchev–Trinajstić information content (AvgIpc) is 2.46. The van der Waals surface area contributed by atoms with Gasteiger partial charge in [0.25, 0.3) is 0 Å². The molecule has 0 radical (unpaired) electrons. The van der Waals surface area contributed by atoms with Gasteiger partial charge in [0.1, 0.15) is 11.5 Å². The van der Waals surface area contributed by atoms with Gasteiger partial charge in [-0.2, -0.15) is 4.76 Å². The lowest BCUT2D eigenvalue weighted by Crippen LogP contribution is -2.08. The van der Waals surface area contributed by atoms with Crippen LogP contribution in [0.4, 0.5) is 0 Å². The molecule has 7 heteroatoms. The fourth-order valence-corrected chi connectivity index (χ4v) is 3.00. The second-order valence-corrected chi connectivity index (χ2v) is 6.82. The Morgan fingerprint density at radius 3 is 2.48 bits per heavy atom. The van der Waals surface area contributed by atoms with Crippen LogP contribution in [0.1, 0.15) is 37.7 Å². The van der Waals surface area contributed by atoms with Gasteiger partial charge in [0.15, 0.2) is 0 Å². The molecule has 0 saturated heterocycles. The lowest BCUT2D eigenvalue weighted by molar-refractivity contribution is 0.375. The molecule has 2 rings (SSSR count). The van der Waals surface area contributed by atoms with Crippen LogP contribution in [0.2, 0.25) is 0 Å². The Hall–Kier alpha value is -1.88. The van der Waals surface area contributed by atoms with E-state index >= 15 is 0 Å². The first kappa shape index (κ1) is 17.5. The van der Waals surface area contributed by atoms with Gasteiger partial charge >= 0.3 is 7.75 Å². The first-order valence-electron chi connectivity index (χ1n) is 7.28. The van der Waals surface area contributed by atoms with E-state index < -0.39 is 7.75 Å². The highest BCUT2D eigenvalue weighted by Gasteiger charge is 2.19. The Kier molecular flexibility index (Phi) is 5.42. The summed E-state index contributed by atoms with van der Waals surface area (Å²) in [4.78, 5) is 18.0. The minimum absolute atomic E-state index is 0.0851. The van der Waals surface area contributed by atoms with E-state index in [0.717, 1.165) is 12.0 Å². The summed E-state index contributed by atoms with van der Waals surface area (Å²) in [6, 6.07) is 6.94. The standard InChI is InChI=1S/C16H20NO5P/c1-11(12-4-6-14(18)7-5-12)2-3-13-10-15(19)8-9-16(13)17-23(20,21)22/h4-8,10-11,18-19H,2-3,9H2,1H3,(H2,20,21,22). The fraction of sp³-hybridized carbons (Fsp3) is 0.312. The summed E-state index contributed by atoms with van der Waals surface area (Å²) in [6.45, 7) is 2.03. The van der Waals surface area contributed by atoms with Crippen LogP contribution in [0.3, 0.4) is 0 Å². The third kappa shape index (κ3) is 5.36. The van der Waals surface area contributed by atoms with Crippen LogP contribution in [0.5, 0.6) is 5.75 Å². The van der Waals surface area contributed by atoms with Crippen molar-refractivity contribution in [3.63, 3.8) is 0 Å². The summed E-state index contributed by atoms with van der Waals surface area (Å²) in [5.41, 5.74) is 2.01. The predicted octanol–water partition coefficient (Wildman–Crippen LogP) is 3.58. The zero-order valence-corrected chi connectivity index (χ0v) is 13.6. The summed E-state index contributed by atoms with van der Waals surface area (Å²) in [6.07, 6.45) is 4.45. The molecule has 0 aliphatic heterocycles. The number of phenolic OH excluding ortho intramolecular Hbond substituents is 1. The molecule has 1 aromatic rings. The third-order valence-corrected chi connectivity index (χ3v) is 4.26. The number of allylic oxidation sites excluding steroid dienone is 3. The van der Waals surface area contributed by atoms with E-state index in [9.17, 15) is 14.8 Å². The number of benzene rings is 1. The molecule has 0 aromatic heterocycles. The summed E-state index contributed by atoms with van der Waals surface area (Å²) in [7, 11) is -4.49. The van der Waals surface area contributed by atoms with E-state index in [0.29, 0.717) is 17.7 Å². The lowest BCUT2D eigenvalue weighted by Gasteiger charge is -2.17. The number of aliphatic hydroxyl groups is 1. The summed E-state index contributed by atoms with van der Waals surface area (Å²) in [5.74, 6) is 0.491. The molecule has 1 aliphatic carbocycles. The van der Waals surface area contributed by atoms with Gasteiger partial charge in [0, 0.05) is 6.42 Å². The van der Waals surface area contributed by atoms with Crippen molar-refractivity contribution >= 4 is 13.5 Å². The van der Waals surface area contributed by atoms with Gasteiger partial charge < -0.3 is 20.0 Å². The normalized spacial score (nSPS) is 18.5. The number of hydrogen-bond donors (Lipinski definition) is 4. The van der Waals surface area contributed by atoms with E-state index in [1.165, 1.54) is 12.2 Å². The first-order chi connectivity index (χ1) is 10.7. The van der Waals surface area contributed by atoms with E-state index in [4.69, 9.17) is 9.79 Å². The largest absolute Gasteiger partial charge is 0.508 e. The molecule has 0 saturated carbocycles. The lowest BCUT2D eigenvalue weighted by atomic mass is 9.90. The zero-order valence-electron chi connectivity index (χ0n) is 12.8. The van der Waals surface area contributed by atoms with Crippen LogP contribution in [-0.4, -0.2) is 25.7 Å². The SMILES string of the molecule is CC(CCC1=CC(O)=CCC1=NP(=O)(O)O)c1ccc(O)cc1. The van der Waals surface area contributed by atoms with Gasteiger partial charge in [-0.25, -0.2) is 4.57 Å². The molecule has 1 unspecified atom stereocenters. The molecule has 0 fully saturated rings. The molecule has 1 aromatic carbocycles. The highest BCUT2D eigenvalue weighted by molar-refractivity contribution is 7.50. The summed E-state index contributed by atoms with van der Waals surface area (Å²) in [5, 5.41) is 18.9. The molecular weight excluding hydrogens is 317 g/mol. The molecule has 0 heterocycles. The van der Waals surface area contributed by atoms with Crippen LogP contribution in [-0.2, 0) is 4.57 Å². The Morgan fingerprint density at radius 1 is 1.22 bits per heavy atom. The molecule has 1 aliphatic rings. The number of aliphatic hydroxyl groups excluding tert-OH is 1. The van der Waals surface area contributed by atoms with Crippen molar-refractivity contribution < 1.29 is 24.6 Å². The highest BCUT2D eigenvalue weighted by Crippen LogP contribution is 2.39. The molecule has 1 atom stereocenters. The summed E-state index contributed by atoms with van der Waals surface area (Å²) < 4.78 is 14.6. The van der Waals surface area contributed by atoms with Crippen LogP contribution < -0.4 is 0 Å². The molecular formula is C16H20NO5P. The number of phenols is 1. The molecule has 23 heavy (non-hydrogen) atoms. The molecule has 124 valence electrons. The van der Waals surface area contributed by atoms with Crippen molar-refractivity contribution in [1.82, 2.24) is 0 Å². The maximum atomic E-state index is 11.1. The van der Waals surface area contributed by atoms with E-state index in [1.807, 2.05) is 19.1 Å². The van der Waals surface area contributed by atoms with Crippen LogP contribution >= 0.6 is 7.75 Å². The van der Waals surface area contributed by atoms with E-state index in [-0.39, 0.29) is 23.8 Å². The molecule has 0 spiro atoms. The van der Waals surface area contributed by atoms with Crippen LogP contribution in [0.25, 0.3) is 0 Å². The van der Waals surface area contributed by atoms with E-state index in [2.05, 4.69) is 4.76 Å². The predicted molar refractivity (Wildman–Crippen MR) is 88.6 cm³/mol. The minimum atomic E-state index is -4.49. The molecule has 0 amide bonds. The number of nitrogens with zero attached hydrogens (tertiary/aromatic N) is 1. The number of aromatic hydroxyl groups is 1. The summed E-state index contributed by atoms with van der Waals surface area (Å²) >= 11 is 0. The van der Waals surface area contributed by atoms with Crippen LogP contribution in [0.15, 0.2) is 52.5 Å². The van der Waals surface area contributed by atoms with Crippen LogP contribution in [0, 0.1) is 0 Å². The van der Waals surface area contributed by atoms with Gasteiger partial charge in [-0.3, -0.25) is 0 Å². The Morgan fingerprint density at radius 2 is 1.87 bits per heavy atom. The van der Waals surface area contributed by atoms with Gasteiger partial charge in [0.05, 0.1) is 5.71 Å². The fourth-order valence-electron chi connectivity index (χ4n) is 2.47. The van der Waals surface area contributed by atoms with Gasteiger partial charge in [-0.1, -0.05) is 19.1 Å². The monoisotopic (exact) mass is 337 g/mol. The van der Waals surface area contributed by atoms with Crippen molar-refractivity contribution in [2.24, 2.45) is 4.76 Å². The second-order valence-electron chi connectivity index (χ2n) is 5.59. The van der Waals surface area contributed by atoms with Gasteiger partial charge in [0.2, 0.25) is 0 Å². The van der Waals surface area contributed by atoms with Crippen molar-refractivity contribution in [2.75, 3.05) is 0 Å². The minimum Gasteiger partial charge on any atom is -0.508 e. The van der Waals surface area contributed by atoms with Crippen molar-refractivity contribution in [1.29, 1.82) is 0 Å². The Bertz CT molecular complexity index is 700. The number of rotatable bonds is 5. The Balaban J connectivity index is 2.10. The van der Waals surface area contributed by atoms with Gasteiger partial charge in [-0.05, 0) is 54.2 Å². The van der Waals surface area contributed by atoms with Gasteiger partial charge in [-0.15, -0.1) is 0 Å². The van der Waals surface area contributed by atoms with E-state index in [1.54, 1.807) is 12.1 Å². The zero-order chi connectivity index (χ0) is 17.0. The number of hydrogen-bond acceptors (Lipinski definition) is 3. The van der Waals surface area contributed by atoms with Crippen molar-refractivity contribution in [3.05, 3.63) is 53.3 Å². The molecule has 4 N–H and O–H groups in total. The second kappa shape index (κ2) is 7.13. The molecule has 6 nitrogen and oxygen atoms in total. The highest BCUT2D eigenvalue weighted by atomic mass is 31.2. The topological polar surface area (TPSA) is 110 Å². The van der Waals surface area contributed by atoms with Crippen molar-refractivity contribution in [2.45, 2.75) is 32.1 Å². The maximum absolute atomic E-state index is 11.1.